The summed E-state index contributed by atoms with van der Waals surface area (Å²) in [6.45, 7) is 5.72. The SMILES string of the molecule is Cc1ccc(CC(C)(C(=O)O)N2CCCCCC2)cc1. The number of hydrogen-bond donors (Lipinski definition) is 1. The number of aryl methyl sites for hydroxylation is 1. The van der Waals surface area contributed by atoms with Crippen molar-refractivity contribution in [3.8, 4) is 0 Å². The molecule has 1 heterocycles. The molecule has 1 fully saturated rings. The van der Waals surface area contributed by atoms with E-state index in [0.717, 1.165) is 31.5 Å². The monoisotopic (exact) mass is 275 g/mol. The summed E-state index contributed by atoms with van der Waals surface area (Å²) in [4.78, 5) is 14.0. The number of nitrogens with zero attached hydrogens (tertiary/aromatic N) is 1. The summed E-state index contributed by atoms with van der Waals surface area (Å²) in [6, 6.07) is 8.21. The molecule has 110 valence electrons. The fraction of sp³-hybridized carbons (Fsp3) is 0.588. The third kappa shape index (κ3) is 3.40. The maximum absolute atomic E-state index is 11.9. The molecule has 0 bridgehead atoms. The van der Waals surface area contributed by atoms with Crippen molar-refractivity contribution in [1.29, 1.82) is 0 Å². The molecule has 1 atom stereocenters. The first-order chi connectivity index (χ1) is 9.52. The van der Waals surface area contributed by atoms with Gasteiger partial charge in [-0.15, -0.1) is 0 Å². The zero-order valence-corrected chi connectivity index (χ0v) is 12.6. The van der Waals surface area contributed by atoms with Gasteiger partial charge in [-0.1, -0.05) is 42.7 Å². The fourth-order valence-corrected chi connectivity index (χ4v) is 2.99. The smallest absolute Gasteiger partial charge is 0.324 e. The number of hydrogen-bond acceptors (Lipinski definition) is 2. The van der Waals surface area contributed by atoms with E-state index in [2.05, 4.69) is 24.0 Å². The normalized spacial score (nSPS) is 20.1. The van der Waals surface area contributed by atoms with Crippen molar-refractivity contribution < 1.29 is 9.90 Å². The van der Waals surface area contributed by atoms with Gasteiger partial charge in [0.1, 0.15) is 5.54 Å². The van der Waals surface area contributed by atoms with Gasteiger partial charge in [-0.05, 0) is 45.3 Å². The molecule has 1 aromatic rings. The van der Waals surface area contributed by atoms with E-state index < -0.39 is 11.5 Å². The summed E-state index contributed by atoms with van der Waals surface area (Å²) in [5.74, 6) is -0.708. The number of rotatable bonds is 4. The molecule has 1 saturated heterocycles. The predicted molar refractivity (Wildman–Crippen MR) is 81.0 cm³/mol. The summed E-state index contributed by atoms with van der Waals surface area (Å²) in [5.41, 5.74) is 1.52. The van der Waals surface area contributed by atoms with E-state index in [0.29, 0.717) is 6.42 Å². The van der Waals surface area contributed by atoms with Crippen molar-refractivity contribution in [2.75, 3.05) is 13.1 Å². The molecule has 0 aliphatic carbocycles. The number of carbonyl (C=O) groups is 1. The van der Waals surface area contributed by atoms with E-state index >= 15 is 0 Å². The Morgan fingerprint density at radius 3 is 2.20 bits per heavy atom. The van der Waals surface area contributed by atoms with E-state index in [-0.39, 0.29) is 0 Å². The molecule has 3 nitrogen and oxygen atoms in total. The van der Waals surface area contributed by atoms with Crippen molar-refractivity contribution in [1.82, 2.24) is 4.90 Å². The van der Waals surface area contributed by atoms with Crippen LogP contribution < -0.4 is 0 Å². The van der Waals surface area contributed by atoms with Crippen molar-refractivity contribution >= 4 is 5.97 Å². The van der Waals surface area contributed by atoms with Crippen LogP contribution in [0.1, 0.15) is 43.7 Å². The molecule has 1 N–H and O–H groups in total. The van der Waals surface area contributed by atoms with Gasteiger partial charge in [0, 0.05) is 6.42 Å². The Hall–Kier alpha value is -1.35. The first-order valence-electron chi connectivity index (χ1n) is 7.56. The predicted octanol–water partition coefficient (Wildman–Crippen LogP) is 3.26. The molecule has 0 radical (unpaired) electrons. The average molecular weight is 275 g/mol. The summed E-state index contributed by atoms with van der Waals surface area (Å²) in [6.07, 6.45) is 5.23. The minimum atomic E-state index is -0.792. The van der Waals surface area contributed by atoms with Crippen LogP contribution in [0, 0.1) is 6.92 Å². The van der Waals surface area contributed by atoms with Crippen LogP contribution in [0.2, 0.25) is 0 Å². The summed E-state index contributed by atoms with van der Waals surface area (Å²) in [5, 5.41) is 9.75. The van der Waals surface area contributed by atoms with Crippen LogP contribution in [0.4, 0.5) is 0 Å². The van der Waals surface area contributed by atoms with Crippen LogP contribution in [0.5, 0.6) is 0 Å². The Bertz CT molecular complexity index is 447. The minimum Gasteiger partial charge on any atom is -0.480 e. The molecule has 20 heavy (non-hydrogen) atoms. The highest BCUT2D eigenvalue weighted by molar-refractivity contribution is 5.78. The number of likely N-dealkylation sites (tertiary alicyclic amines) is 1. The number of carboxylic acid groups (broad SMARTS) is 1. The van der Waals surface area contributed by atoms with Crippen molar-refractivity contribution in [3.05, 3.63) is 35.4 Å². The van der Waals surface area contributed by atoms with Crippen LogP contribution >= 0.6 is 0 Å². The van der Waals surface area contributed by atoms with E-state index in [1.807, 2.05) is 19.1 Å². The van der Waals surface area contributed by atoms with Crippen LogP contribution in [0.15, 0.2) is 24.3 Å². The van der Waals surface area contributed by atoms with Crippen LogP contribution in [-0.4, -0.2) is 34.6 Å². The number of benzene rings is 1. The molecular formula is C17H25NO2. The quantitative estimate of drug-likeness (QED) is 0.917. The highest BCUT2D eigenvalue weighted by Gasteiger charge is 2.39. The molecular weight excluding hydrogens is 250 g/mol. The van der Waals surface area contributed by atoms with Crippen molar-refractivity contribution in [2.24, 2.45) is 0 Å². The Balaban J connectivity index is 2.19. The standard InChI is InChI=1S/C17H25NO2/c1-14-7-9-15(10-8-14)13-17(2,16(19)20)18-11-5-3-4-6-12-18/h7-10H,3-6,11-13H2,1-2H3,(H,19,20). The lowest BCUT2D eigenvalue weighted by Crippen LogP contribution is -2.54. The van der Waals surface area contributed by atoms with Gasteiger partial charge in [-0.3, -0.25) is 9.69 Å². The van der Waals surface area contributed by atoms with Gasteiger partial charge in [0.25, 0.3) is 0 Å². The summed E-state index contributed by atoms with van der Waals surface area (Å²) >= 11 is 0. The molecule has 1 unspecified atom stereocenters. The second kappa shape index (κ2) is 6.40. The van der Waals surface area contributed by atoms with E-state index in [9.17, 15) is 9.90 Å². The van der Waals surface area contributed by atoms with Crippen molar-refractivity contribution in [2.45, 2.75) is 51.5 Å². The lowest BCUT2D eigenvalue weighted by Gasteiger charge is -2.37. The van der Waals surface area contributed by atoms with Gasteiger partial charge in [-0.2, -0.15) is 0 Å². The maximum Gasteiger partial charge on any atom is 0.324 e. The molecule has 2 rings (SSSR count). The summed E-state index contributed by atoms with van der Waals surface area (Å²) < 4.78 is 0. The molecule has 3 heteroatoms. The van der Waals surface area contributed by atoms with E-state index in [1.165, 1.54) is 18.4 Å². The molecule has 1 aliphatic rings. The lowest BCUT2D eigenvalue weighted by atomic mass is 9.90. The Morgan fingerprint density at radius 2 is 1.70 bits per heavy atom. The topological polar surface area (TPSA) is 40.5 Å². The van der Waals surface area contributed by atoms with Gasteiger partial charge in [0.2, 0.25) is 0 Å². The number of aliphatic carboxylic acids is 1. The lowest BCUT2D eigenvalue weighted by molar-refractivity contribution is -0.150. The zero-order chi connectivity index (χ0) is 14.6. The Labute approximate surface area is 121 Å². The molecule has 0 saturated carbocycles. The van der Waals surface area contributed by atoms with E-state index in [4.69, 9.17) is 0 Å². The second-order valence-corrected chi connectivity index (χ2v) is 6.14. The maximum atomic E-state index is 11.9. The first kappa shape index (κ1) is 15.0. The molecule has 0 aromatic heterocycles. The second-order valence-electron chi connectivity index (χ2n) is 6.14. The Kier molecular flexibility index (Phi) is 4.81. The molecule has 0 spiro atoms. The van der Waals surface area contributed by atoms with Crippen molar-refractivity contribution in [3.63, 3.8) is 0 Å². The first-order valence-corrected chi connectivity index (χ1v) is 7.56. The Morgan fingerprint density at radius 1 is 1.15 bits per heavy atom. The van der Waals surface area contributed by atoms with Crippen LogP contribution in [0.25, 0.3) is 0 Å². The fourth-order valence-electron chi connectivity index (χ4n) is 2.99. The molecule has 1 aromatic carbocycles. The average Bonchev–Trinajstić information content (AvgIpc) is 2.70. The third-order valence-electron chi connectivity index (χ3n) is 4.43. The zero-order valence-electron chi connectivity index (χ0n) is 12.6. The van der Waals surface area contributed by atoms with Gasteiger partial charge >= 0.3 is 5.97 Å². The van der Waals surface area contributed by atoms with Crippen LogP contribution in [-0.2, 0) is 11.2 Å². The van der Waals surface area contributed by atoms with Gasteiger partial charge in [-0.25, -0.2) is 0 Å². The largest absolute Gasteiger partial charge is 0.480 e. The van der Waals surface area contributed by atoms with Gasteiger partial charge in [0.15, 0.2) is 0 Å². The summed E-state index contributed by atoms with van der Waals surface area (Å²) in [7, 11) is 0. The highest BCUT2D eigenvalue weighted by Crippen LogP contribution is 2.25. The van der Waals surface area contributed by atoms with Gasteiger partial charge in [0.05, 0.1) is 0 Å². The van der Waals surface area contributed by atoms with Crippen LogP contribution in [0.3, 0.4) is 0 Å². The molecule has 1 aliphatic heterocycles. The highest BCUT2D eigenvalue weighted by atomic mass is 16.4. The third-order valence-corrected chi connectivity index (χ3v) is 4.43. The number of carboxylic acids is 1. The minimum absolute atomic E-state index is 0.572. The van der Waals surface area contributed by atoms with E-state index in [1.54, 1.807) is 0 Å². The molecule has 0 amide bonds. The van der Waals surface area contributed by atoms with Gasteiger partial charge < -0.3 is 5.11 Å².